The minimum Gasteiger partial charge on any atom is -0.450 e. The summed E-state index contributed by atoms with van der Waals surface area (Å²) in [7, 11) is 1.77. The average molecular weight is 300 g/mol. The van der Waals surface area contributed by atoms with Gasteiger partial charge in [0.2, 0.25) is 6.41 Å². The largest absolute Gasteiger partial charge is 0.450 e. The number of rotatable bonds is 3. The van der Waals surface area contributed by atoms with Gasteiger partial charge in [0.05, 0.1) is 5.69 Å². The van der Waals surface area contributed by atoms with Crippen molar-refractivity contribution in [1.29, 1.82) is 0 Å². The fourth-order valence-corrected chi connectivity index (χ4v) is 2.88. The number of piperidine rings is 1. The van der Waals surface area contributed by atoms with Gasteiger partial charge in [0.1, 0.15) is 0 Å². The predicted molar refractivity (Wildman–Crippen MR) is 86.2 cm³/mol. The maximum atomic E-state index is 10.7. The molecule has 2 heterocycles. The number of anilines is 1. The van der Waals surface area contributed by atoms with Gasteiger partial charge in [0.15, 0.2) is 17.3 Å². The van der Waals surface area contributed by atoms with Crippen molar-refractivity contribution in [2.75, 3.05) is 25.5 Å². The summed E-state index contributed by atoms with van der Waals surface area (Å²) >= 11 is 0. The highest BCUT2D eigenvalue weighted by Crippen LogP contribution is 2.35. The van der Waals surface area contributed by atoms with Gasteiger partial charge < -0.3 is 20.7 Å². The van der Waals surface area contributed by atoms with Crippen LogP contribution in [0.15, 0.2) is 35.2 Å². The first-order chi connectivity index (χ1) is 10.8. The van der Waals surface area contributed by atoms with E-state index >= 15 is 0 Å². The van der Waals surface area contributed by atoms with Gasteiger partial charge in [-0.3, -0.25) is 4.79 Å². The van der Waals surface area contributed by atoms with Gasteiger partial charge in [0, 0.05) is 13.2 Å². The fraction of sp³-hybridized carbons (Fsp3) is 0.375. The standard InChI is InChI=1S/C16H20N4O2/c1-17-9-15-16(19-10-21)20-13-8-12(2-3-14(13)22-15)11-4-6-18-7-5-11/h2-3,8-11,17-18H,4-7H2,1H3,(H,19,20,21)/b15-9+. The van der Waals surface area contributed by atoms with Gasteiger partial charge in [-0.2, -0.15) is 4.99 Å². The molecule has 1 aromatic rings. The topological polar surface area (TPSA) is 74.8 Å². The maximum Gasteiger partial charge on any atom is 0.234 e. The number of hydrogen-bond acceptors (Lipinski definition) is 4. The highest BCUT2D eigenvalue weighted by atomic mass is 16.5. The molecule has 0 spiro atoms. The van der Waals surface area contributed by atoms with Crippen molar-refractivity contribution in [3.63, 3.8) is 0 Å². The lowest BCUT2D eigenvalue weighted by Gasteiger charge is -2.26. The smallest absolute Gasteiger partial charge is 0.234 e. The molecule has 0 aromatic heterocycles. The molecule has 22 heavy (non-hydrogen) atoms. The molecule has 0 atom stereocenters. The molecule has 1 fully saturated rings. The predicted octanol–water partition coefficient (Wildman–Crippen LogP) is 1.57. The number of aliphatic imine (C=N–C) groups is 1. The molecule has 3 N–H and O–H groups in total. The number of amides is 1. The Morgan fingerprint density at radius 2 is 2.18 bits per heavy atom. The zero-order valence-electron chi connectivity index (χ0n) is 12.6. The summed E-state index contributed by atoms with van der Waals surface area (Å²) in [6.45, 7) is 2.11. The number of hydrogen-bond donors (Lipinski definition) is 3. The highest BCUT2D eigenvalue weighted by molar-refractivity contribution is 6.11. The SMILES string of the molecule is CN/C=C1/Oc2ccc(C3CCNCC3)cc2N/C1=N/C=O. The van der Waals surface area contributed by atoms with E-state index in [0.29, 0.717) is 23.9 Å². The Bertz CT molecular complexity index is 619. The van der Waals surface area contributed by atoms with E-state index in [1.807, 2.05) is 6.07 Å². The molecule has 0 aliphatic carbocycles. The first kappa shape index (κ1) is 14.6. The average Bonchev–Trinajstić information content (AvgIpc) is 2.56. The lowest BCUT2D eigenvalue weighted by Crippen LogP contribution is -2.27. The molecule has 0 unspecified atom stereocenters. The van der Waals surface area contributed by atoms with Crippen LogP contribution in [-0.4, -0.2) is 32.4 Å². The monoisotopic (exact) mass is 300 g/mol. The van der Waals surface area contributed by atoms with Crippen LogP contribution in [0.4, 0.5) is 5.69 Å². The van der Waals surface area contributed by atoms with Crippen molar-refractivity contribution in [3.05, 3.63) is 35.7 Å². The molecule has 0 bridgehead atoms. The van der Waals surface area contributed by atoms with E-state index in [1.165, 1.54) is 5.56 Å². The summed E-state index contributed by atoms with van der Waals surface area (Å²) in [4.78, 5) is 14.5. The highest BCUT2D eigenvalue weighted by Gasteiger charge is 2.23. The third-order valence-corrected chi connectivity index (χ3v) is 3.98. The van der Waals surface area contributed by atoms with Crippen molar-refractivity contribution in [3.8, 4) is 5.75 Å². The zero-order chi connectivity index (χ0) is 15.4. The van der Waals surface area contributed by atoms with Gasteiger partial charge in [0.25, 0.3) is 0 Å². The van der Waals surface area contributed by atoms with Crippen LogP contribution in [-0.2, 0) is 4.79 Å². The second kappa shape index (κ2) is 6.62. The Kier molecular flexibility index (Phi) is 4.39. The minimum atomic E-state index is 0.416. The van der Waals surface area contributed by atoms with Crippen molar-refractivity contribution in [2.24, 2.45) is 4.99 Å². The first-order valence-corrected chi connectivity index (χ1v) is 7.50. The van der Waals surface area contributed by atoms with E-state index in [9.17, 15) is 4.79 Å². The number of carbonyl (C=O) groups is 1. The summed E-state index contributed by atoms with van der Waals surface area (Å²) in [5.41, 5.74) is 2.15. The second-order valence-electron chi connectivity index (χ2n) is 5.39. The molecule has 0 radical (unpaired) electrons. The summed E-state index contributed by atoms with van der Waals surface area (Å²) in [5, 5.41) is 9.45. The number of nitrogens with one attached hydrogen (secondary N) is 3. The van der Waals surface area contributed by atoms with Crippen LogP contribution in [0.1, 0.15) is 24.3 Å². The molecule has 2 aliphatic heterocycles. The molecule has 116 valence electrons. The van der Waals surface area contributed by atoms with E-state index in [1.54, 1.807) is 13.2 Å². The molecule has 2 aliphatic rings. The molecule has 1 saturated heterocycles. The van der Waals surface area contributed by atoms with Gasteiger partial charge >= 0.3 is 0 Å². The van der Waals surface area contributed by atoms with Crippen LogP contribution in [0.2, 0.25) is 0 Å². The first-order valence-electron chi connectivity index (χ1n) is 7.50. The van der Waals surface area contributed by atoms with E-state index in [4.69, 9.17) is 4.74 Å². The Hall–Kier alpha value is -2.34. The third kappa shape index (κ3) is 2.96. The molecular formula is C16H20N4O2. The number of amidine groups is 1. The van der Waals surface area contributed by atoms with E-state index in [0.717, 1.165) is 37.4 Å². The Morgan fingerprint density at radius 3 is 2.91 bits per heavy atom. The molecule has 1 amide bonds. The van der Waals surface area contributed by atoms with Crippen LogP contribution in [0.3, 0.4) is 0 Å². The molecule has 6 nitrogen and oxygen atoms in total. The number of ether oxygens (including phenoxy) is 1. The molecule has 1 aromatic carbocycles. The molecule has 6 heteroatoms. The van der Waals surface area contributed by atoms with Crippen LogP contribution in [0, 0.1) is 0 Å². The number of fused-ring (bicyclic) bond motifs is 1. The van der Waals surface area contributed by atoms with Gasteiger partial charge in [-0.25, -0.2) is 0 Å². The van der Waals surface area contributed by atoms with Crippen molar-refractivity contribution < 1.29 is 9.53 Å². The lowest BCUT2D eigenvalue weighted by atomic mass is 9.90. The van der Waals surface area contributed by atoms with Gasteiger partial charge in [-0.15, -0.1) is 0 Å². The van der Waals surface area contributed by atoms with Gasteiger partial charge in [-0.05, 0) is 49.5 Å². The quantitative estimate of drug-likeness (QED) is 0.739. The van der Waals surface area contributed by atoms with Crippen molar-refractivity contribution in [2.45, 2.75) is 18.8 Å². The van der Waals surface area contributed by atoms with Crippen LogP contribution in [0.25, 0.3) is 0 Å². The number of nitrogens with zero attached hydrogens (tertiary/aromatic N) is 1. The van der Waals surface area contributed by atoms with Crippen LogP contribution < -0.4 is 20.7 Å². The molecule has 0 saturated carbocycles. The van der Waals surface area contributed by atoms with Crippen LogP contribution >= 0.6 is 0 Å². The maximum absolute atomic E-state index is 10.7. The summed E-state index contributed by atoms with van der Waals surface area (Å²) in [6.07, 6.45) is 4.45. The summed E-state index contributed by atoms with van der Waals surface area (Å²) < 4.78 is 5.81. The third-order valence-electron chi connectivity index (χ3n) is 3.98. The Labute approximate surface area is 129 Å². The number of benzene rings is 1. The van der Waals surface area contributed by atoms with E-state index < -0.39 is 0 Å². The van der Waals surface area contributed by atoms with Crippen molar-refractivity contribution >= 4 is 17.9 Å². The second-order valence-corrected chi connectivity index (χ2v) is 5.39. The summed E-state index contributed by atoms with van der Waals surface area (Å²) in [6, 6.07) is 6.19. The van der Waals surface area contributed by atoms with E-state index in [-0.39, 0.29) is 0 Å². The summed E-state index contributed by atoms with van der Waals surface area (Å²) in [5.74, 6) is 2.22. The zero-order valence-corrected chi connectivity index (χ0v) is 12.6. The Balaban J connectivity index is 1.90. The Morgan fingerprint density at radius 1 is 1.36 bits per heavy atom. The molecular weight excluding hydrogens is 280 g/mol. The van der Waals surface area contributed by atoms with E-state index in [2.05, 4.69) is 33.1 Å². The lowest BCUT2D eigenvalue weighted by molar-refractivity contribution is -0.106. The normalized spacial score (nSPS) is 21.9. The number of carbonyl (C=O) groups excluding carboxylic acids is 1. The minimum absolute atomic E-state index is 0.416. The van der Waals surface area contributed by atoms with Crippen molar-refractivity contribution in [1.82, 2.24) is 10.6 Å². The van der Waals surface area contributed by atoms with Gasteiger partial charge in [-0.1, -0.05) is 6.07 Å². The molecule has 3 rings (SSSR count). The fourth-order valence-electron chi connectivity index (χ4n) is 2.88. The van der Waals surface area contributed by atoms with Crippen LogP contribution in [0.5, 0.6) is 5.75 Å².